The second-order valence-electron chi connectivity index (χ2n) is 10.0. The number of methoxy groups -OCH3 is 1. The summed E-state index contributed by atoms with van der Waals surface area (Å²) in [7, 11) is 3.24. The molecule has 6 bridgehead atoms. The fraction of sp³-hybridized carbons (Fsp3) is 0.333. The summed E-state index contributed by atoms with van der Waals surface area (Å²) in [5.74, 6) is -0.520. The smallest absolute Gasteiger partial charge is 0.251 e. The first kappa shape index (κ1) is 27.1. The molecule has 0 aromatic heterocycles. The van der Waals surface area contributed by atoms with Crippen LogP contribution in [0.15, 0.2) is 54.6 Å². The minimum Gasteiger partial charge on any atom is -0.496 e. The van der Waals surface area contributed by atoms with E-state index in [2.05, 4.69) is 16.0 Å². The number of hydrogen-bond donors (Lipinski definition) is 3. The Morgan fingerprint density at radius 1 is 1.05 bits per heavy atom. The van der Waals surface area contributed by atoms with Crippen LogP contribution in [0, 0.1) is 0 Å². The Kier molecular flexibility index (Phi) is 7.70. The van der Waals surface area contributed by atoms with Crippen molar-refractivity contribution in [3.05, 3.63) is 65.7 Å². The molecule has 3 aromatic carbocycles. The zero-order valence-corrected chi connectivity index (χ0v) is 22.8. The van der Waals surface area contributed by atoms with Crippen LogP contribution in [-0.4, -0.2) is 63.0 Å². The molecule has 0 unspecified atom stereocenters. The quantitative estimate of drug-likeness (QED) is 0.465. The predicted octanol–water partition coefficient (Wildman–Crippen LogP) is 2.34. The number of benzene rings is 3. The summed E-state index contributed by atoms with van der Waals surface area (Å²) in [5, 5.41) is 10.3. The SMILES string of the molecule is CN[C@@H](C)C(=O)N[C@H]1CN2C(=O)CCCNC(=O)c3ccc4c(c(OC)ccc4c3)CN(C1=O)c1ccccc12. The van der Waals surface area contributed by atoms with Crippen LogP contribution < -0.4 is 30.5 Å². The number of ether oxygens (including phenoxy) is 1. The van der Waals surface area contributed by atoms with Gasteiger partial charge in [-0.2, -0.15) is 0 Å². The largest absolute Gasteiger partial charge is 0.496 e. The van der Waals surface area contributed by atoms with Crippen LogP contribution in [-0.2, 0) is 20.9 Å². The first-order valence-electron chi connectivity index (χ1n) is 13.4. The van der Waals surface area contributed by atoms with E-state index in [1.165, 1.54) is 0 Å². The maximum atomic E-state index is 14.2. The molecular formula is C30H33N5O5. The Labute approximate surface area is 232 Å². The van der Waals surface area contributed by atoms with Crippen LogP contribution in [0.5, 0.6) is 5.75 Å². The molecule has 0 spiro atoms. The molecule has 3 heterocycles. The van der Waals surface area contributed by atoms with Crippen LogP contribution in [0.4, 0.5) is 11.4 Å². The number of anilines is 2. The maximum Gasteiger partial charge on any atom is 0.251 e. The first-order valence-corrected chi connectivity index (χ1v) is 13.4. The Hall–Kier alpha value is -4.44. The van der Waals surface area contributed by atoms with E-state index in [1.54, 1.807) is 36.9 Å². The molecule has 0 saturated heterocycles. The first-order chi connectivity index (χ1) is 19.3. The molecule has 10 nitrogen and oxygen atoms in total. The molecule has 0 saturated carbocycles. The van der Waals surface area contributed by atoms with Crippen molar-refractivity contribution in [1.82, 2.24) is 16.0 Å². The van der Waals surface area contributed by atoms with Gasteiger partial charge in [-0.15, -0.1) is 0 Å². The molecular weight excluding hydrogens is 510 g/mol. The Morgan fingerprint density at radius 3 is 2.52 bits per heavy atom. The van der Waals surface area contributed by atoms with Gasteiger partial charge in [-0.05, 0) is 61.5 Å². The van der Waals surface area contributed by atoms with Crippen LogP contribution in [0.1, 0.15) is 35.7 Å². The zero-order valence-electron chi connectivity index (χ0n) is 22.8. The number of amides is 4. The number of hydrogen-bond acceptors (Lipinski definition) is 6. The number of rotatable bonds is 4. The lowest BCUT2D eigenvalue weighted by Gasteiger charge is -2.27. The fourth-order valence-electron chi connectivity index (χ4n) is 5.23. The molecule has 208 valence electrons. The molecule has 10 heteroatoms. The molecule has 0 radical (unpaired) electrons. The Bertz CT molecular complexity index is 1490. The van der Waals surface area contributed by atoms with Gasteiger partial charge in [-0.1, -0.05) is 24.3 Å². The number of fused-ring (bicyclic) bond motifs is 6. The van der Waals surface area contributed by atoms with Crippen LogP contribution in [0.25, 0.3) is 10.8 Å². The van der Waals surface area contributed by atoms with Gasteiger partial charge in [-0.25, -0.2) is 0 Å². The summed E-state index contributed by atoms with van der Waals surface area (Å²) in [6, 6.07) is 14.9. The molecule has 3 N–H and O–H groups in total. The van der Waals surface area contributed by atoms with Gasteiger partial charge >= 0.3 is 0 Å². The topological polar surface area (TPSA) is 120 Å². The van der Waals surface area contributed by atoms with Gasteiger partial charge in [0.2, 0.25) is 11.8 Å². The normalized spacial score (nSPS) is 18.5. The molecule has 3 aliphatic heterocycles. The van der Waals surface area contributed by atoms with Crippen molar-refractivity contribution in [2.75, 3.05) is 37.0 Å². The molecule has 0 fully saturated rings. The summed E-state index contributed by atoms with van der Waals surface area (Å²) in [5.41, 5.74) is 2.40. The standard InChI is InChI=1S/C30H33N5O5/c1-18(31-2)28(37)33-23-17-34-24-7-4-5-8-25(24)35(30(23)39)16-22-21-12-10-20(15-19(21)11-13-26(22)40-3)29(38)32-14-6-9-27(34)36/h4-5,7-8,10-13,15,18,23,31H,6,9,14,16-17H2,1-3H3,(H,32,38)(H,33,37)/t18-,23-/m0/s1. The average Bonchev–Trinajstić information content (AvgIpc) is 3.08. The van der Waals surface area contributed by atoms with Gasteiger partial charge in [-0.3, -0.25) is 19.2 Å². The number of likely N-dealkylation sites (N-methyl/N-ethyl adjacent to an activating group) is 1. The third kappa shape index (κ3) is 5.10. The number of para-hydroxylation sites is 2. The third-order valence-corrected chi connectivity index (χ3v) is 7.58. The molecule has 2 atom stereocenters. The number of nitrogens with one attached hydrogen (secondary N) is 3. The predicted molar refractivity (Wildman–Crippen MR) is 153 cm³/mol. The number of carbonyl (C=O) groups is 4. The van der Waals surface area contributed by atoms with E-state index in [4.69, 9.17) is 4.74 Å². The molecule has 3 aromatic rings. The van der Waals surface area contributed by atoms with Gasteiger partial charge in [0.05, 0.1) is 37.6 Å². The highest BCUT2D eigenvalue weighted by Gasteiger charge is 2.37. The van der Waals surface area contributed by atoms with Crippen LogP contribution in [0.3, 0.4) is 0 Å². The van der Waals surface area contributed by atoms with Gasteiger partial charge in [0.15, 0.2) is 0 Å². The second-order valence-corrected chi connectivity index (χ2v) is 10.0. The lowest BCUT2D eigenvalue weighted by molar-refractivity contribution is -0.128. The summed E-state index contributed by atoms with van der Waals surface area (Å²) in [6.45, 7) is 2.13. The molecule has 6 rings (SSSR count). The Morgan fingerprint density at radius 2 is 1.80 bits per heavy atom. The van der Waals surface area contributed by atoms with Crippen molar-refractivity contribution in [2.24, 2.45) is 0 Å². The van der Waals surface area contributed by atoms with E-state index in [1.807, 2.05) is 48.5 Å². The monoisotopic (exact) mass is 543 g/mol. The van der Waals surface area contributed by atoms with Crippen molar-refractivity contribution in [2.45, 2.75) is 38.4 Å². The molecule has 0 aliphatic carbocycles. The average molecular weight is 544 g/mol. The lowest BCUT2D eigenvalue weighted by Crippen LogP contribution is -2.55. The van der Waals surface area contributed by atoms with Gasteiger partial charge < -0.3 is 30.5 Å². The summed E-state index contributed by atoms with van der Waals surface area (Å²) in [4.78, 5) is 56.8. The van der Waals surface area contributed by atoms with E-state index in [-0.39, 0.29) is 43.1 Å². The molecule has 40 heavy (non-hydrogen) atoms. The summed E-state index contributed by atoms with van der Waals surface area (Å²) >= 11 is 0. The fourth-order valence-corrected chi connectivity index (χ4v) is 5.23. The van der Waals surface area contributed by atoms with Crippen LogP contribution in [0.2, 0.25) is 0 Å². The van der Waals surface area contributed by atoms with Crippen LogP contribution >= 0.6 is 0 Å². The van der Waals surface area contributed by atoms with Crippen molar-refractivity contribution >= 4 is 45.8 Å². The van der Waals surface area contributed by atoms with Gasteiger partial charge in [0, 0.05) is 24.1 Å². The minimum absolute atomic E-state index is 0.0185. The maximum absolute atomic E-state index is 14.2. The van der Waals surface area contributed by atoms with Gasteiger partial charge in [0.25, 0.3) is 11.8 Å². The molecule has 4 amide bonds. The van der Waals surface area contributed by atoms with E-state index in [0.29, 0.717) is 35.7 Å². The lowest BCUT2D eigenvalue weighted by atomic mass is 9.99. The van der Waals surface area contributed by atoms with Crippen molar-refractivity contribution < 1.29 is 23.9 Å². The van der Waals surface area contributed by atoms with Crippen molar-refractivity contribution in [3.8, 4) is 5.75 Å². The molecule has 3 aliphatic rings. The highest BCUT2D eigenvalue weighted by molar-refractivity contribution is 6.09. The second kappa shape index (κ2) is 11.4. The summed E-state index contributed by atoms with van der Waals surface area (Å²) < 4.78 is 5.71. The summed E-state index contributed by atoms with van der Waals surface area (Å²) in [6.07, 6.45) is 0.575. The highest BCUT2D eigenvalue weighted by atomic mass is 16.5. The van der Waals surface area contributed by atoms with E-state index >= 15 is 0 Å². The minimum atomic E-state index is -0.984. The number of nitrogens with zero attached hydrogens (tertiary/aromatic N) is 2. The highest BCUT2D eigenvalue weighted by Crippen LogP contribution is 2.37. The zero-order chi connectivity index (χ0) is 28.4. The van der Waals surface area contributed by atoms with Crippen molar-refractivity contribution in [3.63, 3.8) is 0 Å². The third-order valence-electron chi connectivity index (χ3n) is 7.58. The van der Waals surface area contributed by atoms with E-state index in [0.717, 1.165) is 16.3 Å². The Balaban J connectivity index is 1.70. The van der Waals surface area contributed by atoms with Crippen molar-refractivity contribution in [1.29, 1.82) is 0 Å². The van der Waals surface area contributed by atoms with E-state index in [9.17, 15) is 19.2 Å². The van der Waals surface area contributed by atoms with E-state index < -0.39 is 12.1 Å². The number of carbonyl (C=O) groups excluding carboxylic acids is 4. The van der Waals surface area contributed by atoms with Gasteiger partial charge in [0.1, 0.15) is 11.8 Å².